The average Bonchev–Trinajstić information content (AvgIpc) is 2.39. The van der Waals surface area contributed by atoms with Crippen molar-refractivity contribution in [1.82, 2.24) is 0 Å². The van der Waals surface area contributed by atoms with Crippen LogP contribution in [0.25, 0.3) is 0 Å². The van der Waals surface area contributed by atoms with E-state index in [2.05, 4.69) is 53.1 Å². The van der Waals surface area contributed by atoms with Crippen molar-refractivity contribution in [2.24, 2.45) is 0 Å². The van der Waals surface area contributed by atoms with Gasteiger partial charge in [0.05, 0.1) is 5.69 Å². The fourth-order valence-corrected chi connectivity index (χ4v) is 3.09. The average molecular weight is 450 g/mol. The molecule has 0 fully saturated rings. The van der Waals surface area contributed by atoms with E-state index >= 15 is 0 Å². The summed E-state index contributed by atoms with van der Waals surface area (Å²) in [6.45, 7) is 1.34. The zero-order valence-electron chi connectivity index (χ0n) is 10.00. The first kappa shape index (κ1) is 14.9. The highest BCUT2D eigenvalue weighted by atomic mass is 79.9. The molecular weight excluding hydrogens is 438 g/mol. The van der Waals surface area contributed by atoms with E-state index in [-0.39, 0.29) is 0 Å². The highest BCUT2D eigenvalue weighted by molar-refractivity contribution is 9.11. The molecule has 2 nitrogen and oxygen atoms in total. The molecule has 0 saturated heterocycles. The van der Waals surface area contributed by atoms with Gasteiger partial charge >= 0.3 is 0 Å². The molecule has 5 heteroatoms. The number of benzene rings is 2. The Morgan fingerprint density at radius 1 is 0.895 bits per heavy atom. The predicted molar refractivity (Wildman–Crippen MR) is 90.0 cm³/mol. The molecule has 0 aliphatic heterocycles. The van der Waals surface area contributed by atoms with Gasteiger partial charge in [0.25, 0.3) is 0 Å². The summed E-state index contributed by atoms with van der Waals surface area (Å²) >= 11 is 10.4. The van der Waals surface area contributed by atoms with E-state index in [0.29, 0.717) is 6.61 Å². The number of nitrogens with one attached hydrogen (secondary N) is 1. The van der Waals surface area contributed by atoms with Gasteiger partial charge < -0.3 is 10.1 Å². The molecule has 0 atom stereocenters. The lowest BCUT2D eigenvalue weighted by atomic mass is 10.3. The van der Waals surface area contributed by atoms with Gasteiger partial charge in [0.1, 0.15) is 12.4 Å². The van der Waals surface area contributed by atoms with Crippen LogP contribution >= 0.6 is 47.8 Å². The quantitative estimate of drug-likeness (QED) is 0.611. The highest BCUT2D eigenvalue weighted by Gasteiger charge is 2.03. The summed E-state index contributed by atoms with van der Waals surface area (Å²) in [6, 6.07) is 13.8. The molecule has 0 spiro atoms. The van der Waals surface area contributed by atoms with Crippen LogP contribution in [0.4, 0.5) is 5.69 Å². The van der Waals surface area contributed by atoms with E-state index in [4.69, 9.17) is 4.74 Å². The second-order valence-electron chi connectivity index (χ2n) is 3.83. The Kier molecular flexibility index (Phi) is 5.73. The van der Waals surface area contributed by atoms with Crippen molar-refractivity contribution >= 4 is 53.5 Å². The van der Waals surface area contributed by atoms with Crippen molar-refractivity contribution in [3.63, 3.8) is 0 Å². The molecule has 1 N–H and O–H groups in total. The van der Waals surface area contributed by atoms with E-state index in [1.54, 1.807) is 0 Å². The molecule has 0 aliphatic rings. The van der Waals surface area contributed by atoms with Gasteiger partial charge in [-0.2, -0.15) is 0 Å². The van der Waals surface area contributed by atoms with Crippen molar-refractivity contribution in [3.8, 4) is 5.75 Å². The van der Waals surface area contributed by atoms with Crippen molar-refractivity contribution in [2.75, 3.05) is 18.5 Å². The van der Waals surface area contributed by atoms with Crippen LogP contribution in [0.2, 0.25) is 0 Å². The molecule has 19 heavy (non-hydrogen) atoms. The van der Waals surface area contributed by atoms with Crippen LogP contribution in [0.15, 0.2) is 55.9 Å². The van der Waals surface area contributed by atoms with Gasteiger partial charge in [0.15, 0.2) is 0 Å². The Bertz CT molecular complexity index is 523. The van der Waals surface area contributed by atoms with Crippen LogP contribution in [0.3, 0.4) is 0 Å². The fourth-order valence-electron chi connectivity index (χ4n) is 1.54. The van der Waals surface area contributed by atoms with E-state index in [1.165, 1.54) is 0 Å². The standard InChI is InChI=1S/C14H12Br3NO/c15-10-4-6-11(7-5-10)19-9-8-18-14-12(16)2-1-3-13(14)17/h1-7,18H,8-9H2. The van der Waals surface area contributed by atoms with Crippen molar-refractivity contribution in [2.45, 2.75) is 0 Å². The predicted octanol–water partition coefficient (Wildman–Crippen LogP) is 5.47. The molecule has 0 radical (unpaired) electrons. The lowest BCUT2D eigenvalue weighted by Crippen LogP contribution is -2.12. The Balaban J connectivity index is 1.82. The molecule has 2 aromatic rings. The Hall–Kier alpha value is -0.520. The number of ether oxygens (including phenoxy) is 1. The largest absolute Gasteiger partial charge is 0.492 e. The zero-order chi connectivity index (χ0) is 13.7. The number of rotatable bonds is 5. The van der Waals surface area contributed by atoms with Gasteiger partial charge in [-0.3, -0.25) is 0 Å². The summed E-state index contributed by atoms with van der Waals surface area (Å²) in [5, 5.41) is 3.33. The van der Waals surface area contributed by atoms with Crippen LogP contribution < -0.4 is 10.1 Å². The molecular formula is C14H12Br3NO. The van der Waals surface area contributed by atoms with Crippen LogP contribution in [-0.2, 0) is 0 Å². The molecule has 0 unspecified atom stereocenters. The normalized spacial score (nSPS) is 10.3. The Morgan fingerprint density at radius 2 is 1.53 bits per heavy atom. The first-order valence-corrected chi connectivity index (χ1v) is 8.11. The Labute approximate surface area is 137 Å². The highest BCUT2D eigenvalue weighted by Crippen LogP contribution is 2.30. The molecule has 0 heterocycles. The number of para-hydroxylation sites is 1. The summed E-state index contributed by atoms with van der Waals surface area (Å²) in [5.41, 5.74) is 1.04. The van der Waals surface area contributed by atoms with E-state index in [0.717, 1.165) is 31.4 Å². The van der Waals surface area contributed by atoms with Gasteiger partial charge in [0, 0.05) is 20.0 Å². The topological polar surface area (TPSA) is 21.3 Å². The minimum Gasteiger partial charge on any atom is -0.492 e. The number of anilines is 1. The Morgan fingerprint density at radius 3 is 2.16 bits per heavy atom. The van der Waals surface area contributed by atoms with Gasteiger partial charge in [-0.25, -0.2) is 0 Å². The molecule has 0 aliphatic carbocycles. The fraction of sp³-hybridized carbons (Fsp3) is 0.143. The third kappa shape index (κ3) is 4.51. The number of halogens is 3. The first-order valence-electron chi connectivity index (χ1n) is 5.73. The number of hydrogen-bond acceptors (Lipinski definition) is 2. The van der Waals surface area contributed by atoms with Gasteiger partial charge in [-0.05, 0) is 68.3 Å². The molecule has 0 amide bonds. The molecule has 0 bridgehead atoms. The second-order valence-corrected chi connectivity index (χ2v) is 6.45. The summed E-state index contributed by atoms with van der Waals surface area (Å²) in [5.74, 6) is 0.871. The monoisotopic (exact) mass is 447 g/mol. The van der Waals surface area contributed by atoms with E-state index in [1.807, 2.05) is 42.5 Å². The number of hydrogen-bond donors (Lipinski definition) is 1. The summed E-state index contributed by atoms with van der Waals surface area (Å²) in [4.78, 5) is 0. The van der Waals surface area contributed by atoms with Crippen LogP contribution in [0.5, 0.6) is 5.75 Å². The molecule has 2 rings (SSSR count). The smallest absolute Gasteiger partial charge is 0.119 e. The van der Waals surface area contributed by atoms with Crippen LogP contribution in [-0.4, -0.2) is 13.2 Å². The lowest BCUT2D eigenvalue weighted by molar-refractivity contribution is 0.333. The molecule has 0 aromatic heterocycles. The van der Waals surface area contributed by atoms with Gasteiger partial charge in [-0.1, -0.05) is 22.0 Å². The molecule has 0 saturated carbocycles. The van der Waals surface area contributed by atoms with Crippen LogP contribution in [0.1, 0.15) is 0 Å². The van der Waals surface area contributed by atoms with E-state index < -0.39 is 0 Å². The van der Waals surface area contributed by atoms with Crippen molar-refractivity contribution < 1.29 is 4.74 Å². The SMILES string of the molecule is Brc1ccc(OCCNc2c(Br)cccc2Br)cc1. The molecule has 2 aromatic carbocycles. The van der Waals surface area contributed by atoms with Gasteiger partial charge in [-0.15, -0.1) is 0 Å². The molecule has 100 valence electrons. The van der Waals surface area contributed by atoms with Gasteiger partial charge in [0.2, 0.25) is 0 Å². The van der Waals surface area contributed by atoms with Crippen molar-refractivity contribution in [3.05, 3.63) is 55.9 Å². The maximum absolute atomic E-state index is 5.65. The summed E-state index contributed by atoms with van der Waals surface area (Å²) in [6.07, 6.45) is 0. The summed E-state index contributed by atoms with van der Waals surface area (Å²) < 4.78 is 8.77. The first-order chi connectivity index (χ1) is 9.16. The van der Waals surface area contributed by atoms with E-state index in [9.17, 15) is 0 Å². The maximum atomic E-state index is 5.65. The lowest BCUT2D eigenvalue weighted by Gasteiger charge is -2.11. The zero-order valence-corrected chi connectivity index (χ0v) is 14.8. The summed E-state index contributed by atoms with van der Waals surface area (Å²) in [7, 11) is 0. The third-order valence-corrected chi connectivity index (χ3v) is 4.30. The van der Waals surface area contributed by atoms with Crippen LogP contribution in [0, 0.1) is 0 Å². The second kappa shape index (κ2) is 7.31. The maximum Gasteiger partial charge on any atom is 0.119 e. The minimum absolute atomic E-state index is 0.607. The third-order valence-electron chi connectivity index (χ3n) is 2.45. The minimum atomic E-state index is 0.607. The van der Waals surface area contributed by atoms with Crippen molar-refractivity contribution in [1.29, 1.82) is 0 Å².